The first-order valence-electron chi connectivity index (χ1n) is 8.94. The van der Waals surface area contributed by atoms with E-state index in [2.05, 4.69) is 25.8 Å². The predicted octanol–water partition coefficient (Wildman–Crippen LogP) is 3.96. The first kappa shape index (κ1) is 21.5. The minimum Gasteiger partial charge on any atom is -0.321 e. The number of amides is 1. The maximum atomic E-state index is 13.7. The Morgan fingerprint density at radius 2 is 1.72 bits per heavy atom. The van der Waals surface area contributed by atoms with Crippen LogP contribution in [0.1, 0.15) is 16.2 Å². The summed E-state index contributed by atoms with van der Waals surface area (Å²) in [5, 5.41) is 17.6. The van der Waals surface area contributed by atoms with Gasteiger partial charge >= 0.3 is 6.18 Å². The Bertz CT molecular complexity index is 1250. The van der Waals surface area contributed by atoms with Gasteiger partial charge in [-0.2, -0.15) is 13.2 Å². The van der Waals surface area contributed by atoms with Crippen molar-refractivity contribution in [2.24, 2.45) is 7.05 Å². The Balaban J connectivity index is 1.57. The number of anilines is 1. The zero-order chi connectivity index (χ0) is 22.9. The summed E-state index contributed by atoms with van der Waals surface area (Å²) in [6, 6.07) is 10.6. The standard InChI is InChI=1S/C19H13F4N7OS/c1-29-10-24-27-18(29)32-14-8-4-12(5-9-14)25-17(31)15-16(19(21,22)23)30(28-26-15)13-6-2-11(20)3-7-13/h2-10H,1H3,(H,25,31). The number of halogens is 4. The van der Waals surface area contributed by atoms with Crippen LogP contribution in [-0.2, 0) is 13.2 Å². The average Bonchev–Trinajstić information content (AvgIpc) is 3.37. The van der Waals surface area contributed by atoms with Crippen LogP contribution >= 0.6 is 11.8 Å². The fourth-order valence-electron chi connectivity index (χ4n) is 2.72. The van der Waals surface area contributed by atoms with Gasteiger partial charge in [-0.15, -0.1) is 15.3 Å². The van der Waals surface area contributed by atoms with Gasteiger partial charge in [0.25, 0.3) is 5.91 Å². The molecule has 32 heavy (non-hydrogen) atoms. The Labute approximate surface area is 182 Å². The lowest BCUT2D eigenvalue weighted by Crippen LogP contribution is -2.21. The van der Waals surface area contributed by atoms with Gasteiger partial charge in [0.1, 0.15) is 12.1 Å². The second kappa shape index (κ2) is 8.42. The summed E-state index contributed by atoms with van der Waals surface area (Å²) in [4.78, 5) is 13.3. The quantitative estimate of drug-likeness (QED) is 0.451. The Morgan fingerprint density at radius 1 is 1.03 bits per heavy atom. The number of hydrogen-bond donors (Lipinski definition) is 1. The molecule has 0 radical (unpaired) electrons. The number of carbonyl (C=O) groups excluding carboxylic acids is 1. The van der Waals surface area contributed by atoms with Gasteiger partial charge in [-0.25, -0.2) is 9.07 Å². The summed E-state index contributed by atoms with van der Waals surface area (Å²) in [6.07, 6.45) is -3.38. The van der Waals surface area contributed by atoms with Crippen molar-refractivity contribution in [1.82, 2.24) is 29.8 Å². The molecule has 0 bridgehead atoms. The van der Waals surface area contributed by atoms with Crippen LogP contribution in [0, 0.1) is 5.82 Å². The minimum atomic E-state index is -4.93. The highest BCUT2D eigenvalue weighted by atomic mass is 32.2. The van der Waals surface area contributed by atoms with Gasteiger partial charge in [0.05, 0.1) is 5.69 Å². The molecule has 164 valence electrons. The van der Waals surface area contributed by atoms with E-state index >= 15 is 0 Å². The molecule has 1 amide bonds. The number of benzene rings is 2. The lowest BCUT2D eigenvalue weighted by Gasteiger charge is -2.11. The van der Waals surface area contributed by atoms with Crippen molar-refractivity contribution in [3.63, 3.8) is 0 Å². The third-order valence-corrected chi connectivity index (χ3v) is 5.28. The number of aryl methyl sites for hydroxylation is 1. The number of aromatic nitrogens is 6. The van der Waals surface area contributed by atoms with Crippen LogP contribution in [0.4, 0.5) is 23.2 Å². The van der Waals surface area contributed by atoms with Gasteiger partial charge in [-0.05, 0) is 60.3 Å². The number of nitrogens with one attached hydrogen (secondary N) is 1. The zero-order valence-corrected chi connectivity index (χ0v) is 17.0. The lowest BCUT2D eigenvalue weighted by atomic mass is 10.2. The summed E-state index contributed by atoms with van der Waals surface area (Å²) in [5.41, 5.74) is -2.09. The average molecular weight is 463 g/mol. The van der Waals surface area contributed by atoms with Crippen LogP contribution in [0.25, 0.3) is 5.69 Å². The molecule has 2 aromatic heterocycles. The second-order valence-electron chi connectivity index (χ2n) is 6.48. The number of rotatable bonds is 5. The van der Waals surface area contributed by atoms with Crippen LogP contribution in [-0.4, -0.2) is 35.7 Å². The first-order chi connectivity index (χ1) is 15.2. The topological polar surface area (TPSA) is 90.5 Å². The van der Waals surface area contributed by atoms with Crippen LogP contribution < -0.4 is 5.32 Å². The number of hydrogen-bond acceptors (Lipinski definition) is 6. The van der Waals surface area contributed by atoms with E-state index in [1.807, 2.05) is 0 Å². The van der Waals surface area contributed by atoms with Gasteiger partial charge in [-0.3, -0.25) is 4.79 Å². The fourth-order valence-corrected chi connectivity index (χ4v) is 3.48. The van der Waals surface area contributed by atoms with Crippen molar-refractivity contribution >= 4 is 23.4 Å². The number of nitrogens with zero attached hydrogens (tertiary/aromatic N) is 6. The van der Waals surface area contributed by atoms with E-state index in [0.717, 1.165) is 29.2 Å². The monoisotopic (exact) mass is 463 g/mol. The molecule has 13 heteroatoms. The first-order valence-corrected chi connectivity index (χ1v) is 9.76. The zero-order valence-electron chi connectivity index (χ0n) is 16.2. The number of carbonyl (C=O) groups is 1. The summed E-state index contributed by atoms with van der Waals surface area (Å²) < 4.78 is 56.4. The predicted molar refractivity (Wildman–Crippen MR) is 106 cm³/mol. The third kappa shape index (κ3) is 4.46. The summed E-state index contributed by atoms with van der Waals surface area (Å²) >= 11 is 1.33. The van der Waals surface area contributed by atoms with E-state index in [1.54, 1.807) is 30.1 Å². The van der Waals surface area contributed by atoms with E-state index in [4.69, 9.17) is 0 Å². The van der Waals surface area contributed by atoms with Crippen molar-refractivity contribution < 1.29 is 22.4 Å². The number of alkyl halides is 3. The maximum Gasteiger partial charge on any atom is 0.435 e. The normalized spacial score (nSPS) is 11.5. The van der Waals surface area contributed by atoms with E-state index < -0.39 is 29.3 Å². The summed E-state index contributed by atoms with van der Waals surface area (Å²) in [5.74, 6) is -1.71. The smallest absolute Gasteiger partial charge is 0.321 e. The molecule has 0 aliphatic rings. The minimum absolute atomic E-state index is 0.0876. The van der Waals surface area contributed by atoms with Gasteiger partial charge in [-0.1, -0.05) is 5.21 Å². The summed E-state index contributed by atoms with van der Waals surface area (Å²) in [7, 11) is 1.79. The summed E-state index contributed by atoms with van der Waals surface area (Å²) in [6.45, 7) is 0. The van der Waals surface area contributed by atoms with Crippen molar-refractivity contribution in [3.8, 4) is 5.69 Å². The second-order valence-corrected chi connectivity index (χ2v) is 7.52. The molecule has 4 rings (SSSR count). The van der Waals surface area contributed by atoms with Crippen LogP contribution in [0.2, 0.25) is 0 Å². The molecule has 0 spiro atoms. The molecule has 0 saturated carbocycles. The van der Waals surface area contributed by atoms with Crippen LogP contribution in [0.3, 0.4) is 0 Å². The highest BCUT2D eigenvalue weighted by Gasteiger charge is 2.42. The molecule has 0 atom stereocenters. The molecule has 1 N–H and O–H groups in total. The fraction of sp³-hybridized carbons (Fsp3) is 0.105. The van der Waals surface area contributed by atoms with Crippen LogP contribution in [0.5, 0.6) is 0 Å². The van der Waals surface area contributed by atoms with Gasteiger partial charge in [0.2, 0.25) is 0 Å². The van der Waals surface area contributed by atoms with E-state index in [-0.39, 0.29) is 11.4 Å². The van der Waals surface area contributed by atoms with Crippen molar-refractivity contribution in [2.45, 2.75) is 16.2 Å². The van der Waals surface area contributed by atoms with E-state index in [1.165, 1.54) is 23.9 Å². The molecule has 0 saturated heterocycles. The van der Waals surface area contributed by atoms with Crippen LogP contribution in [0.15, 0.2) is 64.9 Å². The van der Waals surface area contributed by atoms with Crippen molar-refractivity contribution in [1.29, 1.82) is 0 Å². The molecular weight excluding hydrogens is 450 g/mol. The largest absolute Gasteiger partial charge is 0.435 e. The molecule has 0 aliphatic heterocycles. The van der Waals surface area contributed by atoms with Crippen molar-refractivity contribution in [3.05, 3.63) is 72.1 Å². The molecule has 2 aromatic carbocycles. The van der Waals surface area contributed by atoms with E-state index in [9.17, 15) is 22.4 Å². The highest BCUT2D eigenvalue weighted by Crippen LogP contribution is 2.33. The highest BCUT2D eigenvalue weighted by molar-refractivity contribution is 7.99. The molecule has 0 aliphatic carbocycles. The Morgan fingerprint density at radius 3 is 2.31 bits per heavy atom. The maximum absolute atomic E-state index is 13.7. The molecule has 2 heterocycles. The van der Waals surface area contributed by atoms with Gasteiger partial charge < -0.3 is 9.88 Å². The SMILES string of the molecule is Cn1cnnc1Sc1ccc(NC(=O)c2nnn(-c3ccc(F)cc3)c2C(F)(F)F)cc1. The van der Waals surface area contributed by atoms with Gasteiger partial charge in [0.15, 0.2) is 16.5 Å². The third-order valence-electron chi connectivity index (χ3n) is 4.22. The Kier molecular flexibility index (Phi) is 5.65. The van der Waals surface area contributed by atoms with E-state index in [0.29, 0.717) is 9.84 Å². The molecule has 0 unspecified atom stereocenters. The molecular formula is C19H13F4N7OS. The lowest BCUT2D eigenvalue weighted by molar-refractivity contribution is -0.143. The Hall–Kier alpha value is -3.74. The van der Waals surface area contributed by atoms with Crippen molar-refractivity contribution in [2.75, 3.05) is 5.32 Å². The molecule has 4 aromatic rings. The molecule has 0 fully saturated rings. The molecule has 8 nitrogen and oxygen atoms in total. The van der Waals surface area contributed by atoms with Gasteiger partial charge in [0, 0.05) is 17.6 Å².